The van der Waals surface area contributed by atoms with Gasteiger partial charge in [-0.05, 0) is 31.0 Å². The Balaban J connectivity index is 1.82. The Morgan fingerprint density at radius 1 is 1.15 bits per heavy atom. The number of ether oxygens (including phenoxy) is 2. The Morgan fingerprint density at radius 3 is 2.65 bits per heavy atom. The SMILES string of the molecule is O=C(O)CCCCNC(=O)c1ccc2c(c1)OCCO2. The van der Waals surface area contributed by atoms with Crippen LogP contribution in [-0.2, 0) is 4.79 Å². The van der Waals surface area contributed by atoms with E-state index >= 15 is 0 Å². The summed E-state index contributed by atoms with van der Waals surface area (Å²) in [5.74, 6) is 0.212. The Kier molecular flexibility index (Phi) is 4.81. The highest BCUT2D eigenvalue weighted by molar-refractivity contribution is 5.94. The molecular weight excluding hydrogens is 262 g/mol. The maximum absolute atomic E-state index is 11.9. The van der Waals surface area contributed by atoms with Crippen LogP contribution >= 0.6 is 0 Å². The average Bonchev–Trinajstić information content (AvgIpc) is 2.46. The maximum atomic E-state index is 11.9. The van der Waals surface area contributed by atoms with Crippen molar-refractivity contribution in [3.05, 3.63) is 23.8 Å². The van der Waals surface area contributed by atoms with Crippen molar-refractivity contribution in [1.29, 1.82) is 0 Å². The fourth-order valence-corrected chi connectivity index (χ4v) is 1.89. The summed E-state index contributed by atoms with van der Waals surface area (Å²) in [4.78, 5) is 22.2. The van der Waals surface area contributed by atoms with Crippen molar-refractivity contribution in [2.45, 2.75) is 19.3 Å². The summed E-state index contributed by atoms with van der Waals surface area (Å²) in [7, 11) is 0. The topological polar surface area (TPSA) is 84.9 Å². The van der Waals surface area contributed by atoms with Gasteiger partial charge in [0.25, 0.3) is 5.91 Å². The van der Waals surface area contributed by atoms with E-state index in [0.29, 0.717) is 49.7 Å². The monoisotopic (exact) mass is 279 g/mol. The van der Waals surface area contributed by atoms with E-state index < -0.39 is 5.97 Å². The molecule has 0 fully saturated rings. The lowest BCUT2D eigenvalue weighted by Crippen LogP contribution is -2.25. The number of unbranched alkanes of at least 4 members (excludes halogenated alkanes) is 1. The van der Waals surface area contributed by atoms with Gasteiger partial charge in [0, 0.05) is 18.5 Å². The van der Waals surface area contributed by atoms with Gasteiger partial charge in [0.05, 0.1) is 0 Å². The zero-order valence-corrected chi connectivity index (χ0v) is 11.1. The van der Waals surface area contributed by atoms with Crippen molar-refractivity contribution in [1.82, 2.24) is 5.32 Å². The van der Waals surface area contributed by atoms with Gasteiger partial charge >= 0.3 is 5.97 Å². The van der Waals surface area contributed by atoms with E-state index in [-0.39, 0.29) is 12.3 Å². The molecule has 0 atom stereocenters. The predicted molar refractivity (Wildman–Crippen MR) is 71.3 cm³/mol. The first-order chi connectivity index (χ1) is 9.66. The summed E-state index contributed by atoms with van der Waals surface area (Å²) in [5, 5.41) is 11.3. The van der Waals surface area contributed by atoms with Crippen LogP contribution in [-0.4, -0.2) is 36.7 Å². The Hall–Kier alpha value is -2.24. The predicted octanol–water partition coefficient (Wildman–Crippen LogP) is 1.44. The van der Waals surface area contributed by atoms with Gasteiger partial charge in [-0.1, -0.05) is 0 Å². The minimum absolute atomic E-state index is 0.125. The molecule has 1 aromatic rings. The number of carboxylic acids is 1. The summed E-state index contributed by atoms with van der Waals surface area (Å²) in [6, 6.07) is 5.05. The molecule has 108 valence electrons. The van der Waals surface area contributed by atoms with Gasteiger partial charge in [-0.25, -0.2) is 0 Å². The molecule has 1 aliphatic heterocycles. The van der Waals surface area contributed by atoms with E-state index in [1.165, 1.54) is 0 Å². The Bertz CT molecular complexity index is 500. The lowest BCUT2D eigenvalue weighted by Gasteiger charge is -2.18. The molecule has 1 aliphatic rings. The van der Waals surface area contributed by atoms with E-state index in [0.717, 1.165) is 0 Å². The molecule has 0 bridgehead atoms. The highest BCUT2D eigenvalue weighted by atomic mass is 16.6. The number of hydrogen-bond donors (Lipinski definition) is 2. The van der Waals surface area contributed by atoms with Crippen molar-refractivity contribution < 1.29 is 24.2 Å². The van der Waals surface area contributed by atoms with E-state index in [1.54, 1.807) is 18.2 Å². The van der Waals surface area contributed by atoms with Crippen LogP contribution in [0, 0.1) is 0 Å². The molecule has 0 radical (unpaired) electrons. The number of hydrogen-bond acceptors (Lipinski definition) is 4. The van der Waals surface area contributed by atoms with Gasteiger partial charge in [-0.2, -0.15) is 0 Å². The summed E-state index contributed by atoms with van der Waals surface area (Å²) < 4.78 is 10.8. The highest BCUT2D eigenvalue weighted by Gasteiger charge is 2.14. The quantitative estimate of drug-likeness (QED) is 0.770. The van der Waals surface area contributed by atoms with Crippen molar-refractivity contribution in [2.75, 3.05) is 19.8 Å². The first-order valence-electron chi connectivity index (χ1n) is 6.56. The number of amides is 1. The van der Waals surface area contributed by atoms with Gasteiger partial charge in [0.2, 0.25) is 0 Å². The molecule has 0 saturated carbocycles. The van der Waals surface area contributed by atoms with Gasteiger partial charge < -0.3 is 19.9 Å². The first-order valence-corrected chi connectivity index (χ1v) is 6.56. The summed E-state index contributed by atoms with van der Waals surface area (Å²) in [6.45, 7) is 1.45. The van der Waals surface area contributed by atoms with Crippen LogP contribution in [0.1, 0.15) is 29.6 Å². The van der Waals surface area contributed by atoms with Crippen LogP contribution in [0.4, 0.5) is 0 Å². The lowest BCUT2D eigenvalue weighted by atomic mass is 10.1. The molecule has 0 aromatic heterocycles. The van der Waals surface area contributed by atoms with Crippen LogP contribution in [0.5, 0.6) is 11.5 Å². The van der Waals surface area contributed by atoms with E-state index in [9.17, 15) is 9.59 Å². The normalized spacial score (nSPS) is 12.8. The molecule has 20 heavy (non-hydrogen) atoms. The van der Waals surface area contributed by atoms with Gasteiger partial charge in [-0.3, -0.25) is 9.59 Å². The van der Waals surface area contributed by atoms with Crippen LogP contribution < -0.4 is 14.8 Å². The molecule has 0 saturated heterocycles. The molecule has 0 aliphatic carbocycles. The number of aliphatic carboxylic acids is 1. The smallest absolute Gasteiger partial charge is 0.303 e. The number of fused-ring (bicyclic) bond motifs is 1. The van der Waals surface area contributed by atoms with Crippen molar-refractivity contribution >= 4 is 11.9 Å². The average molecular weight is 279 g/mol. The molecule has 0 unspecified atom stereocenters. The second kappa shape index (κ2) is 6.79. The molecule has 6 nitrogen and oxygen atoms in total. The van der Waals surface area contributed by atoms with Crippen molar-refractivity contribution in [3.63, 3.8) is 0 Å². The molecule has 2 N–H and O–H groups in total. The number of rotatable bonds is 6. The maximum Gasteiger partial charge on any atom is 0.303 e. The first kappa shape index (κ1) is 14.2. The van der Waals surface area contributed by atoms with Crippen LogP contribution in [0.15, 0.2) is 18.2 Å². The van der Waals surface area contributed by atoms with Gasteiger partial charge in [-0.15, -0.1) is 0 Å². The standard InChI is InChI=1S/C14H17NO5/c16-13(17)3-1-2-6-15-14(18)10-4-5-11-12(9-10)20-8-7-19-11/h4-5,9H,1-3,6-8H2,(H,15,18)(H,16,17). The molecule has 6 heteroatoms. The van der Waals surface area contributed by atoms with Gasteiger partial charge in [0.15, 0.2) is 11.5 Å². The third-order valence-electron chi connectivity index (χ3n) is 2.91. The fraction of sp³-hybridized carbons (Fsp3) is 0.429. The van der Waals surface area contributed by atoms with E-state index in [1.807, 2.05) is 0 Å². The van der Waals surface area contributed by atoms with Crippen LogP contribution in [0.25, 0.3) is 0 Å². The Labute approximate surface area is 116 Å². The highest BCUT2D eigenvalue weighted by Crippen LogP contribution is 2.30. The summed E-state index contributed by atoms with van der Waals surface area (Å²) >= 11 is 0. The molecule has 1 heterocycles. The molecule has 0 spiro atoms. The third-order valence-corrected chi connectivity index (χ3v) is 2.91. The summed E-state index contributed by atoms with van der Waals surface area (Å²) in [6.07, 6.45) is 1.32. The molecule has 2 rings (SSSR count). The van der Waals surface area contributed by atoms with Crippen molar-refractivity contribution in [3.8, 4) is 11.5 Å². The summed E-state index contributed by atoms with van der Waals surface area (Å²) in [5.41, 5.74) is 0.507. The lowest BCUT2D eigenvalue weighted by molar-refractivity contribution is -0.137. The van der Waals surface area contributed by atoms with E-state index in [4.69, 9.17) is 14.6 Å². The zero-order valence-electron chi connectivity index (χ0n) is 11.1. The number of nitrogens with one attached hydrogen (secondary N) is 1. The number of carboxylic acid groups (broad SMARTS) is 1. The van der Waals surface area contributed by atoms with Crippen molar-refractivity contribution in [2.24, 2.45) is 0 Å². The molecular formula is C14H17NO5. The third kappa shape index (κ3) is 3.88. The van der Waals surface area contributed by atoms with Crippen LogP contribution in [0.2, 0.25) is 0 Å². The largest absolute Gasteiger partial charge is 0.486 e. The van der Waals surface area contributed by atoms with Gasteiger partial charge in [0.1, 0.15) is 13.2 Å². The number of carbonyl (C=O) groups is 2. The van der Waals surface area contributed by atoms with Crippen LogP contribution in [0.3, 0.4) is 0 Å². The molecule has 1 aromatic carbocycles. The fourth-order valence-electron chi connectivity index (χ4n) is 1.89. The number of carbonyl (C=O) groups excluding carboxylic acids is 1. The zero-order chi connectivity index (χ0) is 14.4. The molecule has 1 amide bonds. The minimum Gasteiger partial charge on any atom is -0.486 e. The minimum atomic E-state index is -0.817. The number of benzene rings is 1. The second-order valence-electron chi connectivity index (χ2n) is 4.47. The van der Waals surface area contributed by atoms with E-state index in [2.05, 4.69) is 5.32 Å². The second-order valence-corrected chi connectivity index (χ2v) is 4.47. The Morgan fingerprint density at radius 2 is 1.90 bits per heavy atom.